The fraction of sp³-hybridized carbons (Fsp3) is 0.225. The van der Waals surface area contributed by atoms with Gasteiger partial charge in [0.15, 0.2) is 0 Å². The summed E-state index contributed by atoms with van der Waals surface area (Å²) in [5.41, 5.74) is 4.61. The van der Waals surface area contributed by atoms with Crippen LogP contribution in [0.25, 0.3) is 39.5 Å². The molecule has 10 nitrogen and oxygen atoms in total. The van der Waals surface area contributed by atoms with Crippen molar-refractivity contribution in [3.05, 3.63) is 119 Å². The van der Waals surface area contributed by atoms with Gasteiger partial charge in [0.25, 0.3) is 0 Å². The van der Waals surface area contributed by atoms with E-state index in [4.69, 9.17) is 9.15 Å². The zero-order valence-electron chi connectivity index (χ0n) is 30.3. The van der Waals surface area contributed by atoms with Crippen molar-refractivity contribution in [1.29, 1.82) is 0 Å². The number of hydrogen-bond acceptors (Lipinski definition) is 9. The average Bonchev–Trinajstić information content (AvgIpc) is 3.13. The molecule has 0 atom stereocenters. The third-order valence-corrected chi connectivity index (χ3v) is 10.9. The van der Waals surface area contributed by atoms with E-state index in [0.717, 1.165) is 66.8 Å². The number of hydrogen-bond donors (Lipinski definition) is 0. The largest absolute Gasteiger partial charge is 1.00 e. The van der Waals surface area contributed by atoms with Crippen LogP contribution in [-0.2, 0) is 20.2 Å². The Morgan fingerprint density at radius 1 is 0.811 bits per heavy atom. The Morgan fingerprint density at radius 2 is 1.53 bits per heavy atom. The molecule has 0 amide bonds. The van der Waals surface area contributed by atoms with Crippen molar-refractivity contribution in [3.8, 4) is 28.2 Å². The van der Waals surface area contributed by atoms with E-state index in [2.05, 4.69) is 39.8 Å². The summed E-state index contributed by atoms with van der Waals surface area (Å²) in [6, 6.07) is 22.0. The molecule has 4 aliphatic rings. The monoisotopic (exact) mass is 762 g/mol. The normalized spacial score (nSPS) is 13.4. The first kappa shape index (κ1) is 40.2. The van der Waals surface area contributed by atoms with Gasteiger partial charge in [0.1, 0.15) is 56.2 Å². The van der Waals surface area contributed by atoms with Crippen molar-refractivity contribution >= 4 is 43.0 Å². The fourth-order valence-electron chi connectivity index (χ4n) is 6.57. The van der Waals surface area contributed by atoms with Gasteiger partial charge in [-0.1, -0.05) is 36.4 Å². The van der Waals surface area contributed by atoms with E-state index < -0.39 is 30.0 Å². The number of nitrogens with zero attached hydrogens (tertiary/aromatic N) is 2. The Morgan fingerprint density at radius 3 is 2.21 bits per heavy atom. The molecule has 0 aromatic heterocycles. The predicted molar refractivity (Wildman–Crippen MR) is 201 cm³/mol. The second-order valence-electron chi connectivity index (χ2n) is 12.2. The Balaban J connectivity index is 0.000000299. The Labute approximate surface area is 332 Å². The Hall–Kier alpha value is -4.01. The topological polar surface area (TPSA) is 143 Å². The first-order valence-electron chi connectivity index (χ1n) is 17.1. The molecule has 2 heterocycles. The molecule has 0 spiro atoms. The van der Waals surface area contributed by atoms with Gasteiger partial charge in [-0.2, -0.15) is 0 Å². The van der Waals surface area contributed by atoms with Crippen molar-refractivity contribution in [3.63, 3.8) is 0 Å². The molecule has 0 fully saturated rings. The molecular weight excluding hydrogens is 724 g/mol. The SMILES string of the molecule is C1=CC2=Cc3ccccc3OC2=CC1.CCN(CC)c1ccc2c(-c3ccc(S(=O)(=O)[O-])cc3S(=O)(=O)[O-])c3ccc(=[N+](CC)CC)cc-3oc2c1.[Na+]. The van der Waals surface area contributed by atoms with Gasteiger partial charge in [0.2, 0.25) is 5.36 Å². The molecule has 0 saturated heterocycles. The van der Waals surface area contributed by atoms with E-state index >= 15 is 0 Å². The third-order valence-electron chi connectivity index (χ3n) is 9.20. The summed E-state index contributed by atoms with van der Waals surface area (Å²) in [6.45, 7) is 11.2. The van der Waals surface area contributed by atoms with Crippen LogP contribution in [-0.4, -0.2) is 52.1 Å². The van der Waals surface area contributed by atoms with E-state index in [-0.39, 0.29) is 35.1 Å². The maximum absolute atomic E-state index is 12.3. The Kier molecular flexibility index (Phi) is 12.6. The summed E-state index contributed by atoms with van der Waals surface area (Å²) in [7, 11) is -10.2. The number of ether oxygens (including phenoxy) is 1. The zero-order valence-corrected chi connectivity index (χ0v) is 34.0. The number of rotatable bonds is 8. The summed E-state index contributed by atoms with van der Waals surface area (Å²) in [6.07, 6.45) is 9.51. The van der Waals surface area contributed by atoms with Crippen molar-refractivity contribution in [2.24, 2.45) is 0 Å². The molecule has 0 bridgehead atoms. The summed E-state index contributed by atoms with van der Waals surface area (Å²) in [5.74, 6) is 2.41. The summed E-state index contributed by atoms with van der Waals surface area (Å²) < 4.78 is 86.1. The number of para-hydroxylation sites is 1. The zero-order chi connectivity index (χ0) is 37.2. The Bertz CT molecular complexity index is 2530. The molecule has 3 aromatic carbocycles. The minimum Gasteiger partial charge on any atom is -0.744 e. The fourth-order valence-corrected chi connectivity index (χ4v) is 7.85. The molecule has 3 aromatic rings. The van der Waals surface area contributed by atoms with Gasteiger partial charge >= 0.3 is 29.6 Å². The predicted octanol–water partition coefficient (Wildman–Crippen LogP) is 3.98. The molecule has 0 unspecified atom stereocenters. The molecule has 13 heteroatoms. The second kappa shape index (κ2) is 16.6. The van der Waals surface area contributed by atoms with Gasteiger partial charge < -0.3 is 23.2 Å². The maximum Gasteiger partial charge on any atom is 1.00 e. The van der Waals surface area contributed by atoms with E-state index in [9.17, 15) is 25.9 Å². The van der Waals surface area contributed by atoms with Crippen molar-refractivity contribution in [2.45, 2.75) is 43.9 Å². The molecular formula is C40H39N2NaO8S2. The number of allylic oxidation sites excluding steroid dienone is 3. The van der Waals surface area contributed by atoms with Crippen LogP contribution >= 0.6 is 0 Å². The molecule has 2 aliphatic heterocycles. The first-order valence-corrected chi connectivity index (χ1v) is 19.9. The third kappa shape index (κ3) is 8.54. The first-order chi connectivity index (χ1) is 24.9. The van der Waals surface area contributed by atoms with Gasteiger partial charge in [0.05, 0.1) is 15.9 Å². The van der Waals surface area contributed by atoms with Gasteiger partial charge in [-0.3, -0.25) is 0 Å². The van der Waals surface area contributed by atoms with E-state index in [1.54, 1.807) is 12.1 Å². The van der Waals surface area contributed by atoms with Crippen LogP contribution in [0, 0.1) is 0 Å². The summed E-state index contributed by atoms with van der Waals surface area (Å²) in [5, 5.41) is 1.44. The van der Waals surface area contributed by atoms with E-state index in [1.807, 2.05) is 70.2 Å². The maximum atomic E-state index is 12.3. The molecule has 0 saturated carbocycles. The van der Waals surface area contributed by atoms with Gasteiger partial charge in [0, 0.05) is 64.1 Å². The number of anilines is 1. The smallest absolute Gasteiger partial charge is 0.744 e. The average molecular weight is 763 g/mol. The molecule has 0 radical (unpaired) electrons. The van der Waals surface area contributed by atoms with Crippen LogP contribution in [0.5, 0.6) is 5.75 Å². The second-order valence-corrected chi connectivity index (χ2v) is 14.9. The summed E-state index contributed by atoms with van der Waals surface area (Å²) >= 11 is 0. The molecule has 0 N–H and O–H groups in total. The van der Waals surface area contributed by atoms with Crippen LogP contribution in [0.1, 0.15) is 39.7 Å². The van der Waals surface area contributed by atoms with Crippen LogP contribution in [0.15, 0.2) is 123 Å². The van der Waals surface area contributed by atoms with Crippen LogP contribution in [0.3, 0.4) is 0 Å². The van der Waals surface area contributed by atoms with Crippen LogP contribution in [0.2, 0.25) is 0 Å². The minimum absolute atomic E-state index is 0. The van der Waals surface area contributed by atoms with E-state index in [0.29, 0.717) is 33.9 Å². The molecule has 2 aliphatic carbocycles. The van der Waals surface area contributed by atoms with Gasteiger partial charge in [-0.15, -0.1) is 0 Å². The van der Waals surface area contributed by atoms with Gasteiger partial charge in [-0.25, -0.2) is 21.4 Å². The standard InChI is InChI=1S/C27H30N2O7S2.C13H10O.Na/c1-5-28(6-2)18-9-12-21-24(15-18)36-25-16-19(29(7-3)8-4)10-13-22(25)27(21)23-14-11-20(37(30,31)32)17-26(23)38(33,34)35;1-3-7-12-10(5-1)9-11-6-2-4-8-13(11)14-12;/h9-17H,5-8H2,1-4H3,(H-,30,31,32,33,34,35);1-3,5-9H,4H2;/q;;+1/p-1. The van der Waals surface area contributed by atoms with Crippen molar-refractivity contribution in [1.82, 2.24) is 4.58 Å². The van der Waals surface area contributed by atoms with Crippen LogP contribution in [0.4, 0.5) is 5.69 Å². The van der Waals surface area contributed by atoms with Crippen molar-refractivity contribution in [2.75, 3.05) is 31.1 Å². The van der Waals surface area contributed by atoms with Crippen LogP contribution < -0.4 is 49.1 Å². The molecule has 53 heavy (non-hydrogen) atoms. The number of benzene rings is 4. The van der Waals surface area contributed by atoms with Crippen molar-refractivity contribution < 1.29 is 64.7 Å². The minimum atomic E-state index is -5.16. The van der Waals surface area contributed by atoms with E-state index in [1.165, 1.54) is 11.6 Å². The van der Waals surface area contributed by atoms with Gasteiger partial charge in [-0.05, 0) is 82.7 Å². The number of fused-ring (bicyclic) bond motifs is 4. The molecule has 7 rings (SSSR count). The summed E-state index contributed by atoms with van der Waals surface area (Å²) in [4.78, 5) is 0.550. The quantitative estimate of drug-likeness (QED) is 0.0993. The molecule has 270 valence electrons.